The SMILES string of the molecule is CCCNC(c1ccccc1C)c1ncc(C)cc1C. The van der Waals surface area contributed by atoms with E-state index in [4.69, 9.17) is 0 Å². The predicted octanol–water partition coefficient (Wildman–Crippen LogP) is 4.10. The van der Waals surface area contributed by atoms with Crippen LogP contribution in [0.5, 0.6) is 0 Å². The van der Waals surface area contributed by atoms with Crippen molar-refractivity contribution in [1.29, 1.82) is 0 Å². The van der Waals surface area contributed by atoms with E-state index in [1.54, 1.807) is 0 Å². The van der Waals surface area contributed by atoms with Gasteiger partial charge in [-0.2, -0.15) is 0 Å². The van der Waals surface area contributed by atoms with E-state index in [1.165, 1.54) is 22.3 Å². The molecule has 0 fully saturated rings. The van der Waals surface area contributed by atoms with E-state index in [9.17, 15) is 0 Å². The highest BCUT2D eigenvalue weighted by molar-refractivity contribution is 5.37. The van der Waals surface area contributed by atoms with E-state index in [0.717, 1.165) is 18.7 Å². The van der Waals surface area contributed by atoms with Crippen LogP contribution in [0.2, 0.25) is 0 Å². The molecule has 0 spiro atoms. The van der Waals surface area contributed by atoms with Gasteiger partial charge in [-0.25, -0.2) is 0 Å². The Morgan fingerprint density at radius 2 is 1.85 bits per heavy atom. The van der Waals surface area contributed by atoms with Crippen molar-refractivity contribution in [2.75, 3.05) is 6.54 Å². The number of aromatic nitrogens is 1. The first-order chi connectivity index (χ1) is 9.63. The number of hydrogen-bond donors (Lipinski definition) is 1. The van der Waals surface area contributed by atoms with Crippen LogP contribution < -0.4 is 5.32 Å². The first-order valence-electron chi connectivity index (χ1n) is 7.35. The number of aryl methyl sites for hydroxylation is 3. The summed E-state index contributed by atoms with van der Waals surface area (Å²) in [6, 6.07) is 10.9. The van der Waals surface area contributed by atoms with Gasteiger partial charge in [0.25, 0.3) is 0 Å². The minimum Gasteiger partial charge on any atom is -0.305 e. The summed E-state index contributed by atoms with van der Waals surface area (Å²) in [4.78, 5) is 4.69. The third-order valence-electron chi connectivity index (χ3n) is 3.63. The summed E-state index contributed by atoms with van der Waals surface area (Å²) < 4.78 is 0. The van der Waals surface area contributed by atoms with Crippen LogP contribution in [0.15, 0.2) is 36.5 Å². The van der Waals surface area contributed by atoms with Crippen LogP contribution in [0.1, 0.15) is 47.3 Å². The van der Waals surface area contributed by atoms with Crippen molar-refractivity contribution in [2.24, 2.45) is 0 Å². The van der Waals surface area contributed by atoms with Gasteiger partial charge in [0.1, 0.15) is 0 Å². The Morgan fingerprint density at radius 3 is 2.50 bits per heavy atom. The maximum Gasteiger partial charge on any atom is 0.0756 e. The van der Waals surface area contributed by atoms with Crippen LogP contribution in [0.3, 0.4) is 0 Å². The summed E-state index contributed by atoms with van der Waals surface area (Å²) in [5.74, 6) is 0. The van der Waals surface area contributed by atoms with Crippen molar-refractivity contribution >= 4 is 0 Å². The summed E-state index contributed by atoms with van der Waals surface area (Å²) in [7, 11) is 0. The topological polar surface area (TPSA) is 24.9 Å². The highest BCUT2D eigenvalue weighted by Gasteiger charge is 2.18. The average Bonchev–Trinajstić information content (AvgIpc) is 2.42. The fourth-order valence-electron chi connectivity index (χ4n) is 2.58. The fraction of sp³-hybridized carbons (Fsp3) is 0.389. The molecule has 106 valence electrons. The van der Waals surface area contributed by atoms with Crippen LogP contribution in [-0.4, -0.2) is 11.5 Å². The van der Waals surface area contributed by atoms with Crippen LogP contribution >= 0.6 is 0 Å². The third-order valence-corrected chi connectivity index (χ3v) is 3.63. The van der Waals surface area contributed by atoms with Crippen molar-refractivity contribution in [3.8, 4) is 0 Å². The minimum atomic E-state index is 0.178. The van der Waals surface area contributed by atoms with Gasteiger partial charge in [0.05, 0.1) is 11.7 Å². The van der Waals surface area contributed by atoms with Crippen LogP contribution in [-0.2, 0) is 0 Å². The molecule has 2 nitrogen and oxygen atoms in total. The second-order valence-electron chi connectivity index (χ2n) is 5.46. The summed E-state index contributed by atoms with van der Waals surface area (Å²) in [6.07, 6.45) is 3.08. The lowest BCUT2D eigenvalue weighted by molar-refractivity contribution is 0.581. The summed E-state index contributed by atoms with van der Waals surface area (Å²) in [5.41, 5.74) is 6.23. The van der Waals surface area contributed by atoms with E-state index >= 15 is 0 Å². The Balaban J connectivity index is 2.44. The summed E-state index contributed by atoms with van der Waals surface area (Å²) in [6.45, 7) is 9.59. The molecule has 0 aliphatic rings. The zero-order valence-corrected chi connectivity index (χ0v) is 12.9. The molecule has 0 saturated heterocycles. The zero-order valence-electron chi connectivity index (χ0n) is 12.9. The Morgan fingerprint density at radius 1 is 1.10 bits per heavy atom. The maximum atomic E-state index is 4.69. The van der Waals surface area contributed by atoms with Crippen molar-refractivity contribution in [3.63, 3.8) is 0 Å². The van der Waals surface area contributed by atoms with Gasteiger partial charge in [-0.05, 0) is 56.0 Å². The standard InChI is InChI=1S/C18H24N2/c1-5-10-19-18(16-9-7-6-8-14(16)3)17-15(4)11-13(2)12-20-17/h6-9,11-12,18-19H,5,10H2,1-4H3. The second kappa shape index (κ2) is 6.67. The molecule has 0 radical (unpaired) electrons. The number of hydrogen-bond acceptors (Lipinski definition) is 2. The highest BCUT2D eigenvalue weighted by atomic mass is 14.9. The number of nitrogens with one attached hydrogen (secondary N) is 1. The molecule has 0 saturated carbocycles. The lowest BCUT2D eigenvalue weighted by Crippen LogP contribution is -2.25. The van der Waals surface area contributed by atoms with Gasteiger partial charge in [0.15, 0.2) is 0 Å². The van der Waals surface area contributed by atoms with Gasteiger partial charge in [0, 0.05) is 6.20 Å². The van der Waals surface area contributed by atoms with Crippen molar-refractivity contribution in [3.05, 3.63) is 64.5 Å². The van der Waals surface area contributed by atoms with Gasteiger partial charge >= 0.3 is 0 Å². The highest BCUT2D eigenvalue weighted by Crippen LogP contribution is 2.26. The molecule has 0 aliphatic carbocycles. The van der Waals surface area contributed by atoms with Gasteiger partial charge < -0.3 is 5.32 Å². The molecule has 2 aromatic rings. The van der Waals surface area contributed by atoms with Gasteiger partial charge in [0.2, 0.25) is 0 Å². The molecule has 1 unspecified atom stereocenters. The van der Waals surface area contributed by atoms with E-state index in [-0.39, 0.29) is 6.04 Å². The molecule has 1 N–H and O–H groups in total. The molecular formula is C18H24N2. The zero-order chi connectivity index (χ0) is 14.5. The molecule has 20 heavy (non-hydrogen) atoms. The number of benzene rings is 1. The molecule has 2 rings (SSSR count). The number of nitrogens with zero attached hydrogens (tertiary/aromatic N) is 1. The molecule has 2 heteroatoms. The van der Waals surface area contributed by atoms with Crippen LogP contribution in [0.25, 0.3) is 0 Å². The first kappa shape index (κ1) is 14.7. The van der Waals surface area contributed by atoms with Crippen molar-refractivity contribution < 1.29 is 0 Å². The van der Waals surface area contributed by atoms with E-state index in [2.05, 4.69) is 68.3 Å². The molecule has 1 atom stereocenters. The van der Waals surface area contributed by atoms with Gasteiger partial charge in [-0.15, -0.1) is 0 Å². The molecule has 1 aromatic carbocycles. The lowest BCUT2D eigenvalue weighted by Gasteiger charge is -2.22. The third kappa shape index (κ3) is 3.26. The maximum absolute atomic E-state index is 4.69. The summed E-state index contributed by atoms with van der Waals surface area (Å²) >= 11 is 0. The van der Waals surface area contributed by atoms with E-state index < -0.39 is 0 Å². The summed E-state index contributed by atoms with van der Waals surface area (Å²) in [5, 5.41) is 3.64. The molecule has 1 aromatic heterocycles. The number of rotatable bonds is 5. The lowest BCUT2D eigenvalue weighted by atomic mass is 9.95. The van der Waals surface area contributed by atoms with Crippen molar-refractivity contribution in [1.82, 2.24) is 10.3 Å². The fourth-order valence-corrected chi connectivity index (χ4v) is 2.58. The smallest absolute Gasteiger partial charge is 0.0756 e. The van der Waals surface area contributed by atoms with E-state index in [1.807, 2.05) is 6.20 Å². The second-order valence-corrected chi connectivity index (χ2v) is 5.46. The van der Waals surface area contributed by atoms with Gasteiger partial charge in [-0.3, -0.25) is 4.98 Å². The Bertz CT molecular complexity index is 575. The monoisotopic (exact) mass is 268 g/mol. The minimum absolute atomic E-state index is 0.178. The molecular weight excluding hydrogens is 244 g/mol. The molecule has 0 aliphatic heterocycles. The van der Waals surface area contributed by atoms with Crippen molar-refractivity contribution in [2.45, 2.75) is 40.2 Å². The van der Waals surface area contributed by atoms with Crippen LogP contribution in [0.4, 0.5) is 0 Å². The Kier molecular flexibility index (Phi) is 4.91. The Labute approximate surface area is 122 Å². The van der Waals surface area contributed by atoms with Gasteiger partial charge in [-0.1, -0.05) is 37.3 Å². The molecule has 1 heterocycles. The predicted molar refractivity (Wildman–Crippen MR) is 85.0 cm³/mol. The largest absolute Gasteiger partial charge is 0.305 e. The molecule has 0 bridgehead atoms. The van der Waals surface area contributed by atoms with E-state index in [0.29, 0.717) is 0 Å². The average molecular weight is 268 g/mol. The van der Waals surface area contributed by atoms with Crippen LogP contribution in [0, 0.1) is 20.8 Å². The Hall–Kier alpha value is -1.67. The normalized spacial score (nSPS) is 12.4. The first-order valence-corrected chi connectivity index (χ1v) is 7.35. The quantitative estimate of drug-likeness (QED) is 0.883. The molecule has 0 amide bonds. The number of pyridine rings is 1.